The van der Waals surface area contributed by atoms with Gasteiger partial charge in [0.15, 0.2) is 0 Å². The fourth-order valence-corrected chi connectivity index (χ4v) is 3.08. The van der Waals surface area contributed by atoms with E-state index in [1.807, 2.05) is 6.07 Å². The van der Waals surface area contributed by atoms with Gasteiger partial charge in [0.2, 0.25) is 0 Å². The van der Waals surface area contributed by atoms with Crippen LogP contribution in [0.1, 0.15) is 25.5 Å². The van der Waals surface area contributed by atoms with E-state index in [1.165, 1.54) is 6.42 Å². The van der Waals surface area contributed by atoms with Gasteiger partial charge in [-0.3, -0.25) is 14.5 Å². The largest absolute Gasteiger partial charge is 0.467 e. The molecule has 6 nitrogen and oxygen atoms in total. The van der Waals surface area contributed by atoms with Crippen molar-refractivity contribution in [2.24, 2.45) is 0 Å². The van der Waals surface area contributed by atoms with E-state index >= 15 is 0 Å². The molecular weight excluding hydrogens is 282 g/mol. The van der Waals surface area contributed by atoms with Crippen molar-refractivity contribution in [2.75, 3.05) is 30.3 Å². The van der Waals surface area contributed by atoms with Crippen molar-refractivity contribution >= 4 is 11.4 Å². The Bertz CT molecular complexity index is 686. The first kappa shape index (κ1) is 14.8. The predicted octanol–water partition coefficient (Wildman–Crippen LogP) is 1.38. The molecule has 0 unspecified atom stereocenters. The van der Waals surface area contributed by atoms with Crippen molar-refractivity contribution in [3.05, 3.63) is 44.6 Å². The monoisotopic (exact) mass is 303 g/mol. The lowest BCUT2D eigenvalue weighted by Gasteiger charge is -2.24. The maximum Gasteiger partial charge on any atom is 0.253 e. The van der Waals surface area contributed by atoms with Gasteiger partial charge in [-0.2, -0.15) is 0 Å². The summed E-state index contributed by atoms with van der Waals surface area (Å²) in [4.78, 5) is 25.8. The van der Waals surface area contributed by atoms with Crippen LogP contribution in [0.4, 0.5) is 11.4 Å². The molecule has 3 rings (SSSR count). The van der Waals surface area contributed by atoms with Gasteiger partial charge in [0.1, 0.15) is 17.1 Å². The van der Waals surface area contributed by atoms with Crippen LogP contribution < -0.4 is 21.5 Å². The van der Waals surface area contributed by atoms with E-state index < -0.39 is 10.9 Å². The molecule has 118 valence electrons. The Morgan fingerprint density at radius 1 is 1.27 bits per heavy atom. The van der Waals surface area contributed by atoms with E-state index in [0.29, 0.717) is 30.5 Å². The summed E-state index contributed by atoms with van der Waals surface area (Å²) in [6, 6.07) is 4.05. The van der Waals surface area contributed by atoms with Crippen molar-refractivity contribution in [1.82, 2.24) is 4.90 Å². The minimum atomic E-state index is -0.451. The van der Waals surface area contributed by atoms with Crippen LogP contribution >= 0.6 is 0 Å². The first-order chi connectivity index (χ1) is 10.7. The Balaban J connectivity index is 1.60. The van der Waals surface area contributed by atoms with Crippen LogP contribution in [0, 0.1) is 0 Å². The zero-order chi connectivity index (χ0) is 15.5. The van der Waals surface area contributed by atoms with E-state index in [9.17, 15) is 9.59 Å². The molecule has 2 aromatic rings. The minimum Gasteiger partial charge on any atom is -0.467 e. The Kier molecular flexibility index (Phi) is 4.29. The van der Waals surface area contributed by atoms with Crippen LogP contribution in [-0.2, 0) is 6.54 Å². The van der Waals surface area contributed by atoms with Crippen molar-refractivity contribution in [3.8, 4) is 0 Å². The molecular formula is C16H21N3O3. The molecule has 1 aliphatic rings. The zero-order valence-electron chi connectivity index (χ0n) is 12.7. The summed E-state index contributed by atoms with van der Waals surface area (Å²) in [7, 11) is 0. The van der Waals surface area contributed by atoms with Crippen molar-refractivity contribution in [3.63, 3.8) is 0 Å². The van der Waals surface area contributed by atoms with Gasteiger partial charge in [0.25, 0.3) is 10.9 Å². The van der Waals surface area contributed by atoms with Gasteiger partial charge in [0.05, 0.1) is 12.8 Å². The van der Waals surface area contributed by atoms with Gasteiger partial charge in [-0.15, -0.1) is 0 Å². The van der Waals surface area contributed by atoms with Crippen LogP contribution in [-0.4, -0.2) is 30.6 Å². The highest BCUT2D eigenvalue weighted by molar-refractivity contribution is 5.73. The van der Waals surface area contributed by atoms with Gasteiger partial charge in [-0.1, -0.05) is 6.92 Å². The van der Waals surface area contributed by atoms with Crippen LogP contribution in [0.15, 0.2) is 32.4 Å². The normalized spacial score (nSPS) is 18.9. The van der Waals surface area contributed by atoms with Crippen LogP contribution in [0.25, 0.3) is 0 Å². The van der Waals surface area contributed by atoms with Crippen molar-refractivity contribution in [2.45, 2.75) is 32.4 Å². The number of likely N-dealkylation sites (N-methyl/N-ethyl adjacent to an activating group) is 1. The molecule has 6 heteroatoms. The summed E-state index contributed by atoms with van der Waals surface area (Å²) in [5.41, 5.74) is -0.0854. The second kappa shape index (κ2) is 6.36. The molecule has 22 heavy (non-hydrogen) atoms. The molecule has 0 bridgehead atoms. The quantitative estimate of drug-likeness (QED) is 0.753. The first-order valence-electron chi connectivity index (χ1n) is 7.78. The van der Waals surface area contributed by atoms with Crippen molar-refractivity contribution < 1.29 is 4.42 Å². The number of nitrogens with zero attached hydrogens (tertiary/aromatic N) is 1. The van der Waals surface area contributed by atoms with Crippen LogP contribution in [0.2, 0.25) is 0 Å². The summed E-state index contributed by atoms with van der Waals surface area (Å²) in [6.45, 7) is 5.37. The lowest BCUT2D eigenvalue weighted by atomic mass is 10.1. The standard InChI is InChI=1S/C16H21N3O3/c1-2-19-7-3-5-11(19)9-17-13-14(16(21)15(13)20)18-10-12-6-4-8-22-12/h4,6,8,11,17-18H,2-3,5,7,9-10H2,1H3/t11-/m1/s1. The second-order valence-corrected chi connectivity index (χ2v) is 5.65. The van der Waals surface area contributed by atoms with E-state index in [2.05, 4.69) is 22.5 Å². The molecule has 1 fully saturated rings. The van der Waals surface area contributed by atoms with E-state index in [-0.39, 0.29) is 0 Å². The third kappa shape index (κ3) is 2.78. The summed E-state index contributed by atoms with van der Waals surface area (Å²) in [5, 5.41) is 6.15. The summed E-state index contributed by atoms with van der Waals surface area (Å²) in [5.74, 6) is 0.729. The first-order valence-corrected chi connectivity index (χ1v) is 7.78. The Morgan fingerprint density at radius 3 is 2.73 bits per heavy atom. The maximum absolute atomic E-state index is 11.7. The lowest BCUT2D eigenvalue weighted by Crippen LogP contribution is -2.41. The summed E-state index contributed by atoms with van der Waals surface area (Å²) in [6.07, 6.45) is 3.90. The summed E-state index contributed by atoms with van der Waals surface area (Å²) >= 11 is 0. The smallest absolute Gasteiger partial charge is 0.253 e. The Morgan fingerprint density at radius 2 is 2.05 bits per heavy atom. The van der Waals surface area contributed by atoms with Gasteiger partial charge < -0.3 is 15.1 Å². The van der Waals surface area contributed by atoms with E-state index in [1.54, 1.807) is 12.3 Å². The SMILES string of the molecule is CCN1CCC[C@@H]1CNc1c(NCc2ccco2)c(=O)c1=O. The number of nitrogens with one attached hydrogen (secondary N) is 2. The number of anilines is 2. The highest BCUT2D eigenvalue weighted by Gasteiger charge is 2.25. The maximum atomic E-state index is 11.7. The average Bonchev–Trinajstić information content (AvgIpc) is 3.20. The molecule has 1 aliphatic heterocycles. The van der Waals surface area contributed by atoms with Crippen molar-refractivity contribution in [1.29, 1.82) is 0 Å². The number of hydrogen-bond donors (Lipinski definition) is 2. The molecule has 1 aromatic heterocycles. The van der Waals surface area contributed by atoms with E-state index in [0.717, 1.165) is 25.3 Å². The minimum absolute atomic E-state index is 0.377. The second-order valence-electron chi connectivity index (χ2n) is 5.65. The molecule has 2 heterocycles. The van der Waals surface area contributed by atoms with Gasteiger partial charge in [-0.25, -0.2) is 0 Å². The number of furan rings is 1. The van der Waals surface area contributed by atoms with Gasteiger partial charge in [0, 0.05) is 12.6 Å². The van der Waals surface area contributed by atoms with Crippen LogP contribution in [0.3, 0.4) is 0 Å². The number of rotatable bonds is 7. The summed E-state index contributed by atoms with van der Waals surface area (Å²) < 4.78 is 5.21. The van der Waals surface area contributed by atoms with Gasteiger partial charge >= 0.3 is 0 Å². The highest BCUT2D eigenvalue weighted by atomic mass is 16.3. The fraction of sp³-hybridized carbons (Fsp3) is 0.500. The topological polar surface area (TPSA) is 74.6 Å². The Labute approximate surface area is 128 Å². The molecule has 0 radical (unpaired) electrons. The molecule has 0 amide bonds. The third-order valence-electron chi connectivity index (χ3n) is 4.35. The third-order valence-corrected chi connectivity index (χ3v) is 4.35. The molecule has 0 spiro atoms. The highest BCUT2D eigenvalue weighted by Crippen LogP contribution is 2.20. The fourth-order valence-electron chi connectivity index (χ4n) is 3.08. The Hall–Kier alpha value is -2.08. The predicted molar refractivity (Wildman–Crippen MR) is 86.1 cm³/mol. The number of likely N-dealkylation sites (tertiary alicyclic amines) is 1. The van der Waals surface area contributed by atoms with Crippen LogP contribution in [0.5, 0.6) is 0 Å². The molecule has 1 saturated heterocycles. The molecule has 0 saturated carbocycles. The molecule has 1 atom stereocenters. The van der Waals surface area contributed by atoms with Gasteiger partial charge in [-0.05, 0) is 38.1 Å². The zero-order valence-corrected chi connectivity index (χ0v) is 12.7. The molecule has 2 N–H and O–H groups in total. The average molecular weight is 303 g/mol. The number of hydrogen-bond acceptors (Lipinski definition) is 6. The molecule has 0 aliphatic carbocycles. The molecule has 1 aromatic carbocycles. The van der Waals surface area contributed by atoms with E-state index in [4.69, 9.17) is 4.42 Å². The lowest BCUT2D eigenvalue weighted by molar-refractivity contribution is 0.277.